The second kappa shape index (κ2) is 7.97. The van der Waals surface area contributed by atoms with Gasteiger partial charge < -0.3 is 9.73 Å². The SMILES string of the molecule is Cc1ccc(/C=C/C(=O)Nc2ccc(/C=C/c3ccccc3)cc2)o1. The molecule has 1 amide bonds. The van der Waals surface area contributed by atoms with Crippen molar-refractivity contribution in [3.8, 4) is 0 Å². The van der Waals surface area contributed by atoms with Crippen molar-refractivity contribution < 1.29 is 9.21 Å². The van der Waals surface area contributed by atoms with Crippen molar-refractivity contribution in [1.82, 2.24) is 0 Å². The van der Waals surface area contributed by atoms with Crippen LogP contribution in [-0.4, -0.2) is 5.91 Å². The minimum atomic E-state index is -0.193. The molecule has 3 heteroatoms. The summed E-state index contributed by atoms with van der Waals surface area (Å²) in [5.41, 5.74) is 2.98. The van der Waals surface area contributed by atoms with E-state index in [2.05, 4.69) is 23.5 Å². The van der Waals surface area contributed by atoms with Gasteiger partial charge in [0.15, 0.2) is 0 Å². The Bertz CT molecular complexity index is 887. The van der Waals surface area contributed by atoms with Gasteiger partial charge in [0, 0.05) is 11.8 Å². The molecule has 0 unspecified atom stereocenters. The number of amides is 1. The van der Waals surface area contributed by atoms with Crippen LogP contribution in [0.15, 0.2) is 77.2 Å². The molecule has 0 aliphatic rings. The van der Waals surface area contributed by atoms with Gasteiger partial charge in [0.2, 0.25) is 5.91 Å². The normalized spacial score (nSPS) is 11.2. The van der Waals surface area contributed by atoms with Crippen LogP contribution in [0.2, 0.25) is 0 Å². The molecule has 0 aliphatic carbocycles. The van der Waals surface area contributed by atoms with Gasteiger partial charge in [0.25, 0.3) is 0 Å². The predicted molar refractivity (Wildman–Crippen MR) is 103 cm³/mol. The Kier molecular flexibility index (Phi) is 5.27. The molecule has 0 saturated heterocycles. The topological polar surface area (TPSA) is 42.2 Å². The van der Waals surface area contributed by atoms with Gasteiger partial charge in [-0.3, -0.25) is 4.79 Å². The number of hydrogen-bond acceptors (Lipinski definition) is 2. The van der Waals surface area contributed by atoms with Gasteiger partial charge in [-0.15, -0.1) is 0 Å². The van der Waals surface area contributed by atoms with Crippen LogP contribution < -0.4 is 5.32 Å². The summed E-state index contributed by atoms with van der Waals surface area (Å²) in [7, 11) is 0. The van der Waals surface area contributed by atoms with Gasteiger partial charge in [-0.1, -0.05) is 54.6 Å². The molecule has 25 heavy (non-hydrogen) atoms. The van der Waals surface area contributed by atoms with E-state index in [9.17, 15) is 4.79 Å². The minimum Gasteiger partial charge on any atom is -0.462 e. The number of aryl methyl sites for hydroxylation is 1. The Hall–Kier alpha value is -3.33. The highest BCUT2D eigenvalue weighted by Crippen LogP contribution is 2.13. The van der Waals surface area contributed by atoms with Crippen molar-refractivity contribution in [2.45, 2.75) is 6.92 Å². The Balaban J connectivity index is 1.58. The van der Waals surface area contributed by atoms with Gasteiger partial charge in [-0.25, -0.2) is 0 Å². The van der Waals surface area contributed by atoms with Crippen LogP contribution in [0.1, 0.15) is 22.6 Å². The first-order chi connectivity index (χ1) is 12.2. The third-order valence-electron chi connectivity index (χ3n) is 3.61. The Labute approximate surface area is 147 Å². The second-order valence-corrected chi connectivity index (χ2v) is 5.64. The molecule has 0 fully saturated rings. The second-order valence-electron chi connectivity index (χ2n) is 5.64. The van der Waals surface area contributed by atoms with E-state index < -0.39 is 0 Å². The summed E-state index contributed by atoms with van der Waals surface area (Å²) in [6, 6.07) is 21.5. The molecule has 1 N–H and O–H groups in total. The highest BCUT2D eigenvalue weighted by Gasteiger charge is 1.99. The Morgan fingerprint density at radius 3 is 2.16 bits per heavy atom. The van der Waals surface area contributed by atoms with Crippen LogP contribution >= 0.6 is 0 Å². The molecule has 0 saturated carbocycles. The zero-order valence-corrected chi connectivity index (χ0v) is 14.0. The number of nitrogens with one attached hydrogen (secondary N) is 1. The molecule has 124 valence electrons. The van der Waals surface area contributed by atoms with E-state index in [4.69, 9.17) is 4.42 Å². The minimum absolute atomic E-state index is 0.193. The van der Waals surface area contributed by atoms with Crippen LogP contribution in [0.25, 0.3) is 18.2 Å². The molecule has 0 radical (unpaired) electrons. The highest BCUT2D eigenvalue weighted by atomic mass is 16.3. The van der Waals surface area contributed by atoms with Crippen molar-refractivity contribution >= 4 is 29.8 Å². The fourth-order valence-electron chi connectivity index (χ4n) is 2.32. The molecular weight excluding hydrogens is 310 g/mol. The summed E-state index contributed by atoms with van der Waals surface area (Å²) in [6.45, 7) is 1.87. The number of furan rings is 1. The molecule has 2 aromatic carbocycles. The van der Waals surface area contributed by atoms with Crippen molar-refractivity contribution in [3.63, 3.8) is 0 Å². The third-order valence-corrected chi connectivity index (χ3v) is 3.61. The molecule has 0 bridgehead atoms. The van der Waals surface area contributed by atoms with Gasteiger partial charge in [-0.05, 0) is 48.4 Å². The van der Waals surface area contributed by atoms with Crippen molar-refractivity contribution in [3.05, 3.63) is 95.5 Å². The monoisotopic (exact) mass is 329 g/mol. The zero-order valence-electron chi connectivity index (χ0n) is 14.0. The average molecular weight is 329 g/mol. The quantitative estimate of drug-likeness (QED) is 0.502. The molecule has 0 aliphatic heterocycles. The van der Waals surface area contributed by atoms with Gasteiger partial charge in [0.1, 0.15) is 11.5 Å². The van der Waals surface area contributed by atoms with E-state index in [1.54, 1.807) is 6.08 Å². The fourth-order valence-corrected chi connectivity index (χ4v) is 2.32. The molecule has 0 spiro atoms. The molecule has 3 rings (SSSR count). The number of carbonyl (C=O) groups excluding carboxylic acids is 1. The van der Waals surface area contributed by atoms with Crippen LogP contribution in [0.3, 0.4) is 0 Å². The number of rotatable bonds is 5. The first-order valence-electron chi connectivity index (χ1n) is 8.08. The maximum atomic E-state index is 11.9. The van der Waals surface area contributed by atoms with Crippen molar-refractivity contribution in [2.75, 3.05) is 5.32 Å². The molecule has 0 atom stereocenters. The summed E-state index contributed by atoms with van der Waals surface area (Å²) < 4.78 is 5.39. The predicted octanol–water partition coefficient (Wildman–Crippen LogP) is 5.41. The number of benzene rings is 2. The maximum absolute atomic E-state index is 11.9. The average Bonchev–Trinajstić information content (AvgIpc) is 3.06. The first kappa shape index (κ1) is 16.5. The molecule has 3 aromatic rings. The van der Waals surface area contributed by atoms with E-state index in [0.717, 1.165) is 22.6 Å². The van der Waals surface area contributed by atoms with E-state index in [-0.39, 0.29) is 5.91 Å². The van der Waals surface area contributed by atoms with Gasteiger partial charge >= 0.3 is 0 Å². The summed E-state index contributed by atoms with van der Waals surface area (Å²) >= 11 is 0. The molecule has 1 aromatic heterocycles. The highest BCUT2D eigenvalue weighted by molar-refractivity contribution is 6.01. The Morgan fingerprint density at radius 1 is 0.840 bits per heavy atom. The summed E-state index contributed by atoms with van der Waals surface area (Å²) in [6.07, 6.45) is 7.21. The Morgan fingerprint density at radius 2 is 1.52 bits per heavy atom. The van der Waals surface area contributed by atoms with Crippen molar-refractivity contribution in [1.29, 1.82) is 0 Å². The van der Waals surface area contributed by atoms with E-state index in [0.29, 0.717) is 5.76 Å². The largest absolute Gasteiger partial charge is 0.462 e. The van der Waals surface area contributed by atoms with E-state index in [1.165, 1.54) is 6.08 Å². The van der Waals surface area contributed by atoms with E-state index >= 15 is 0 Å². The number of carbonyl (C=O) groups is 1. The fraction of sp³-hybridized carbons (Fsp3) is 0.0455. The van der Waals surface area contributed by atoms with Crippen molar-refractivity contribution in [2.24, 2.45) is 0 Å². The van der Waals surface area contributed by atoms with Gasteiger partial charge in [-0.2, -0.15) is 0 Å². The number of hydrogen-bond donors (Lipinski definition) is 1. The summed E-state index contributed by atoms with van der Waals surface area (Å²) in [5.74, 6) is 1.29. The van der Waals surface area contributed by atoms with Gasteiger partial charge in [0.05, 0.1) is 0 Å². The lowest BCUT2D eigenvalue weighted by molar-refractivity contribution is -0.111. The smallest absolute Gasteiger partial charge is 0.248 e. The first-order valence-corrected chi connectivity index (χ1v) is 8.08. The summed E-state index contributed by atoms with van der Waals surface area (Å²) in [5, 5.41) is 2.83. The van der Waals surface area contributed by atoms with Crippen LogP contribution in [0.5, 0.6) is 0 Å². The van der Waals surface area contributed by atoms with Crippen LogP contribution in [0.4, 0.5) is 5.69 Å². The molecular formula is C22H19NO2. The van der Waals surface area contributed by atoms with Crippen LogP contribution in [-0.2, 0) is 4.79 Å². The van der Waals surface area contributed by atoms with E-state index in [1.807, 2.05) is 67.6 Å². The third kappa shape index (κ3) is 5.08. The standard InChI is InChI=1S/C22H19NO2/c1-17-7-14-21(25-17)15-16-22(24)23-20-12-10-19(11-13-20)9-8-18-5-3-2-4-6-18/h2-16H,1H3,(H,23,24)/b9-8+,16-15+. The maximum Gasteiger partial charge on any atom is 0.248 e. The number of anilines is 1. The van der Waals surface area contributed by atoms with Crippen LogP contribution in [0, 0.1) is 6.92 Å². The molecule has 3 nitrogen and oxygen atoms in total. The molecule has 1 heterocycles. The lowest BCUT2D eigenvalue weighted by Crippen LogP contribution is -2.07. The summed E-state index contributed by atoms with van der Waals surface area (Å²) in [4.78, 5) is 11.9. The lowest BCUT2D eigenvalue weighted by Gasteiger charge is -2.02. The lowest BCUT2D eigenvalue weighted by atomic mass is 10.1. The zero-order chi connectivity index (χ0) is 17.5.